The number of amides is 6. The van der Waals surface area contributed by atoms with Crippen LogP contribution in [0.15, 0.2) is 335 Å². The van der Waals surface area contributed by atoms with E-state index >= 15 is 0 Å². The Balaban J connectivity index is 0.000000147. The number of aliphatic hydroxyl groups excluding tert-OH is 3. The average Bonchev–Trinajstić information content (AvgIpc) is 1.25. The Morgan fingerprint density at radius 2 is 0.603 bits per heavy atom. The second-order valence-electron chi connectivity index (χ2n) is 33.2. The van der Waals surface area contributed by atoms with Gasteiger partial charge in [0.15, 0.2) is 0 Å². The Kier molecular flexibility index (Phi) is 38.3. The minimum atomic E-state index is -1.29. The fourth-order valence-electron chi connectivity index (χ4n) is 14.4. The number of benzene rings is 6. The van der Waals surface area contributed by atoms with Gasteiger partial charge < -0.3 is 57.2 Å². The lowest BCUT2D eigenvalue weighted by Gasteiger charge is -2.30. The molecule has 0 bridgehead atoms. The summed E-state index contributed by atoms with van der Waals surface area (Å²) >= 11 is 11.8. The summed E-state index contributed by atoms with van der Waals surface area (Å²) in [4.78, 5) is 100. The maximum Gasteiger partial charge on any atom is 0.269 e. The van der Waals surface area contributed by atoms with Crippen molar-refractivity contribution in [2.45, 2.75) is 56.1 Å². The summed E-state index contributed by atoms with van der Waals surface area (Å²) in [7, 11) is 3.97. The highest BCUT2D eigenvalue weighted by Crippen LogP contribution is 2.30. The van der Waals surface area contributed by atoms with E-state index < -0.39 is 64.9 Å². The monoisotopic (exact) mass is 2010 g/mol. The molecule has 0 spiro atoms. The zero-order chi connectivity index (χ0) is 103. The van der Waals surface area contributed by atoms with Gasteiger partial charge in [-0.3, -0.25) is 89.3 Å². The first kappa shape index (κ1) is 106. The van der Waals surface area contributed by atoms with Crippen molar-refractivity contribution in [2.75, 3.05) is 47.0 Å². The Bertz CT molecular complexity index is 7080. The molecule has 744 valence electrons. The number of aromatic amines is 6. The van der Waals surface area contributed by atoms with Gasteiger partial charge in [-0.05, 0) is 238 Å². The lowest BCUT2D eigenvalue weighted by atomic mass is 9.91. The normalized spacial score (nSPS) is 11.8. The third-order valence-electron chi connectivity index (χ3n) is 21.8. The number of pyridine rings is 6. The van der Waals surface area contributed by atoms with Crippen LogP contribution in [0.5, 0.6) is 0 Å². The number of rotatable bonds is 31. The highest BCUT2D eigenvalue weighted by Gasteiger charge is 2.32. The average molecular weight is 2010 g/mol. The van der Waals surface area contributed by atoms with Crippen LogP contribution in [0, 0.1) is 17.5 Å². The van der Waals surface area contributed by atoms with Crippen LogP contribution in [0.25, 0.3) is 67.5 Å². The van der Waals surface area contributed by atoms with Gasteiger partial charge in [-0.15, -0.1) is 0 Å². The Morgan fingerprint density at radius 3 is 0.911 bits per heavy atom. The Labute approximate surface area is 844 Å². The molecule has 18 rings (SSSR count). The molecule has 0 aliphatic rings. The molecule has 35 nitrogen and oxygen atoms in total. The summed E-state index contributed by atoms with van der Waals surface area (Å²) in [5.41, 5.74) is 14.0. The number of nitrogens with zero attached hydrogens (tertiary/aromatic N) is 13. The lowest BCUT2D eigenvalue weighted by Crippen LogP contribution is -2.42. The highest BCUT2D eigenvalue weighted by molar-refractivity contribution is 6.31. The maximum absolute atomic E-state index is 13.6. The summed E-state index contributed by atoms with van der Waals surface area (Å²) in [6.07, 6.45) is 20.6. The number of hydrogen-bond acceptors (Lipinski definition) is 23. The Hall–Kier alpha value is -17.5. The minimum Gasteiger partial charge on any atom is -0.394 e. The molecule has 0 saturated carbocycles. The second-order valence-corrected chi connectivity index (χ2v) is 34.0. The van der Waals surface area contributed by atoms with Crippen LogP contribution < -0.4 is 31.9 Å². The van der Waals surface area contributed by atoms with E-state index in [9.17, 15) is 62.4 Å². The number of carbonyl (C=O) groups is 6. The van der Waals surface area contributed by atoms with Crippen LogP contribution in [-0.2, 0) is 6.42 Å². The molecule has 0 aliphatic carbocycles. The lowest BCUT2D eigenvalue weighted by molar-refractivity contribution is 0.0341. The van der Waals surface area contributed by atoms with Crippen LogP contribution in [0.3, 0.4) is 0 Å². The highest BCUT2D eigenvalue weighted by atomic mass is 35.5. The number of nitrogens with one attached hydrogen (secondary N) is 12. The van der Waals surface area contributed by atoms with Crippen molar-refractivity contribution in [1.82, 2.24) is 128 Å². The van der Waals surface area contributed by atoms with Crippen molar-refractivity contribution in [2.24, 2.45) is 0 Å². The molecule has 12 aromatic heterocycles. The van der Waals surface area contributed by atoms with Crippen LogP contribution in [0.4, 0.5) is 13.2 Å². The summed E-state index contributed by atoms with van der Waals surface area (Å²) < 4.78 is 40.2. The molecule has 12 heterocycles. The standard InChI is InChI=1S/C19H19FN4O2.C19H21N5O.C17H15ClN4O2.C17H15ClN4O.2C17H15FN4O2/c1-19(2,26)17(13-4-3-5-14(20)10-13)22-18(25)16-11-15(23-24-16)12-6-8-21-9-7-12;1-24(2)13-18(14-6-4-3-5-7-14)21-19(25)17-12-16(22-23-17)15-8-10-20-11-9-15;18-13-3-1-11(2-4-13)16(10-23)20-17(24)15-9-14(21-22-15)12-5-7-19-8-6-12;18-14-3-1-2-12(10-14)4-9-20-17(23)16-11-15(21-22-16)13-5-7-19-8-6-13;2*18-13-3-1-2-12(8-13)16(10-23)20-17(24)15-9-14(21-22-15)11-4-6-19-7-5-11/h3-11,17,26H,1-2H3,(H,22,25)(H,23,24);3-12,18H,13H2,1-2H3,(H,21,25)(H,22,23);1-9,16,23H,10H2,(H,20,24)(H,21,22);1-3,5-8,10-11H,4,9H2,(H,20,23)(H,21,22);2*1-9,16,23H,10H2,(H,20,24)(H,21,22)/t;;;;16-;/m....1./s1. The van der Waals surface area contributed by atoms with E-state index in [2.05, 4.69) is 123 Å². The summed E-state index contributed by atoms with van der Waals surface area (Å²) in [5.74, 6) is -3.33. The summed E-state index contributed by atoms with van der Waals surface area (Å²) in [5, 5.41) is 98.1. The van der Waals surface area contributed by atoms with Crippen molar-refractivity contribution in [3.05, 3.63) is 430 Å². The van der Waals surface area contributed by atoms with Crippen LogP contribution in [0.1, 0.15) is 140 Å². The number of carbonyl (C=O) groups excluding carboxylic acids is 6. The van der Waals surface area contributed by atoms with Gasteiger partial charge in [0.25, 0.3) is 35.4 Å². The fraction of sp³-hybridized carbons (Fsp3) is 0.151. The van der Waals surface area contributed by atoms with Crippen molar-refractivity contribution < 1.29 is 62.4 Å². The molecule has 0 radical (unpaired) electrons. The molecule has 146 heavy (non-hydrogen) atoms. The van der Waals surface area contributed by atoms with E-state index in [0.29, 0.717) is 85.4 Å². The van der Waals surface area contributed by atoms with Crippen LogP contribution in [-0.4, -0.2) is 204 Å². The van der Waals surface area contributed by atoms with Crippen molar-refractivity contribution in [3.63, 3.8) is 0 Å². The zero-order valence-electron chi connectivity index (χ0n) is 78.8. The van der Waals surface area contributed by atoms with Crippen molar-refractivity contribution in [1.29, 1.82) is 0 Å². The third kappa shape index (κ3) is 31.2. The molecule has 0 saturated heterocycles. The van der Waals surface area contributed by atoms with Gasteiger partial charge >= 0.3 is 0 Å². The minimum absolute atomic E-state index is 0.101. The molecule has 0 aliphatic heterocycles. The largest absolute Gasteiger partial charge is 0.394 e. The van der Waals surface area contributed by atoms with Crippen molar-refractivity contribution >= 4 is 58.6 Å². The van der Waals surface area contributed by atoms with Gasteiger partial charge in [0.1, 0.15) is 51.6 Å². The predicted octanol–water partition coefficient (Wildman–Crippen LogP) is 15.2. The molecule has 0 fully saturated rings. The molecule has 16 N–H and O–H groups in total. The molecule has 6 aromatic carbocycles. The van der Waals surface area contributed by atoms with Crippen molar-refractivity contribution in [3.8, 4) is 67.5 Å². The van der Waals surface area contributed by atoms with E-state index in [-0.39, 0.29) is 60.7 Å². The van der Waals surface area contributed by atoms with E-state index in [0.717, 1.165) is 62.2 Å². The van der Waals surface area contributed by atoms with Gasteiger partial charge in [-0.2, -0.15) is 30.6 Å². The number of halogens is 5. The smallest absolute Gasteiger partial charge is 0.269 e. The van der Waals surface area contributed by atoms with E-state index in [1.807, 2.05) is 110 Å². The number of aromatic nitrogens is 18. The van der Waals surface area contributed by atoms with Gasteiger partial charge in [-0.25, -0.2) is 13.2 Å². The third-order valence-corrected chi connectivity index (χ3v) is 22.3. The van der Waals surface area contributed by atoms with Gasteiger partial charge in [-0.1, -0.05) is 114 Å². The molecule has 6 amide bonds. The SMILES string of the molecule is CC(C)(O)C(NC(=O)c1cc(-c2ccncc2)n[nH]1)c1cccc(F)c1.CN(C)CC(NC(=O)c1cc(-c2ccncc2)n[nH]1)c1ccccc1.O=C(NC(CO)c1ccc(Cl)cc1)c1cc(-c2ccncc2)n[nH]1.O=C(NC(CO)c1cccc(F)c1)c1cc(-c2ccncc2)n[nH]1.O=C(NCCc1cccc(Cl)c1)c1cc(-c2ccncc2)n[nH]1.O=C(N[C@H](CO)c1cccc(F)c1)c1cc(-c2ccncc2)n[nH]1. The first-order valence-corrected chi connectivity index (χ1v) is 46.1. The second kappa shape index (κ2) is 52.8. The van der Waals surface area contributed by atoms with Gasteiger partial charge in [0, 0.05) is 131 Å². The van der Waals surface area contributed by atoms with Gasteiger partial charge in [0.05, 0.1) is 89.8 Å². The number of likely N-dealkylation sites (N-methyl/N-ethyl adjacent to an activating group) is 1. The molecular formula is C106H100Cl2F3N25O10. The van der Waals surface area contributed by atoms with E-state index in [1.54, 1.807) is 203 Å². The number of aliphatic hydroxyl groups is 4. The first-order valence-electron chi connectivity index (χ1n) is 45.3. The number of H-pyrrole nitrogens is 6. The van der Waals surface area contributed by atoms with E-state index in [1.165, 1.54) is 54.6 Å². The van der Waals surface area contributed by atoms with E-state index in [4.69, 9.17) is 23.2 Å². The Morgan fingerprint density at radius 1 is 0.322 bits per heavy atom. The predicted molar refractivity (Wildman–Crippen MR) is 543 cm³/mol. The van der Waals surface area contributed by atoms with Crippen LogP contribution >= 0.6 is 23.2 Å². The molecule has 18 aromatic rings. The van der Waals surface area contributed by atoms with Gasteiger partial charge in [0.2, 0.25) is 0 Å². The van der Waals surface area contributed by atoms with Crippen LogP contribution in [0.2, 0.25) is 10.0 Å². The molecule has 40 heteroatoms. The topological polar surface area (TPSA) is 508 Å². The summed E-state index contributed by atoms with van der Waals surface area (Å²) in [6, 6.07) is 70.6. The first-order chi connectivity index (χ1) is 70.7. The maximum atomic E-state index is 13.6. The molecular weight excluding hydrogens is 1910 g/mol. The molecule has 5 atom stereocenters. The molecule has 4 unspecified atom stereocenters. The zero-order valence-corrected chi connectivity index (χ0v) is 80.3. The number of hydrogen-bond donors (Lipinski definition) is 16. The fourth-order valence-corrected chi connectivity index (χ4v) is 14.7. The summed E-state index contributed by atoms with van der Waals surface area (Å²) in [6.45, 7) is 3.43. The quantitative estimate of drug-likeness (QED) is 0.0192.